The molecule has 0 aliphatic carbocycles. The number of hydrogen-bond acceptors (Lipinski definition) is 14. The summed E-state index contributed by atoms with van der Waals surface area (Å²) in [6.07, 6.45) is -13.7. The summed E-state index contributed by atoms with van der Waals surface area (Å²) in [4.78, 5) is 21.3. The lowest BCUT2D eigenvalue weighted by atomic mass is 9.89. The van der Waals surface area contributed by atoms with Gasteiger partial charge in [-0.05, 0) is 0 Å². The third kappa shape index (κ3) is 5.94. The summed E-state index contributed by atoms with van der Waals surface area (Å²) < 4.78 is 15.8. The molecule has 8 N–H and O–H groups in total. The second-order valence-electron chi connectivity index (χ2n) is 7.89. The van der Waals surface area contributed by atoms with Crippen LogP contribution in [0.3, 0.4) is 0 Å². The SMILES string of the molecule is COC1OC(CO)C(O)C(SC2(C(=O)[O-])CC(O)C(NC(C)=O)C([C@H](O)[C@H](O)CO)O2)C1O. The molecule has 11 atom stereocenters. The number of methoxy groups -OCH3 is 1. The van der Waals surface area contributed by atoms with Crippen LogP contribution in [0.1, 0.15) is 13.3 Å². The minimum atomic E-state index is -2.50. The van der Waals surface area contributed by atoms with E-state index in [0.29, 0.717) is 11.8 Å². The number of carbonyl (C=O) groups excluding carboxylic acids is 2. The molecule has 0 bridgehead atoms. The van der Waals surface area contributed by atoms with Gasteiger partial charge < -0.3 is 65.2 Å². The number of carbonyl (C=O) groups is 2. The molecule has 9 unspecified atom stereocenters. The van der Waals surface area contributed by atoms with Gasteiger partial charge in [0.05, 0.1) is 42.7 Å². The van der Waals surface area contributed by atoms with Crippen LogP contribution in [0.5, 0.6) is 0 Å². The zero-order chi connectivity index (χ0) is 25.1. The lowest BCUT2D eigenvalue weighted by Gasteiger charge is -2.51. The molecular weight excluding hydrogens is 470 g/mol. The number of carboxylic acids is 1. The van der Waals surface area contributed by atoms with Crippen molar-refractivity contribution >= 4 is 23.6 Å². The number of carboxylic acid groups (broad SMARTS) is 1. The highest BCUT2D eigenvalue weighted by Crippen LogP contribution is 2.45. The van der Waals surface area contributed by atoms with Crippen LogP contribution in [-0.4, -0.2) is 133 Å². The van der Waals surface area contributed by atoms with Crippen LogP contribution >= 0.6 is 11.8 Å². The Morgan fingerprint density at radius 2 is 1.88 bits per heavy atom. The molecule has 2 fully saturated rings. The van der Waals surface area contributed by atoms with E-state index in [9.17, 15) is 50.4 Å². The first-order valence-corrected chi connectivity index (χ1v) is 10.9. The maximum absolute atomic E-state index is 12.2. The fourth-order valence-electron chi connectivity index (χ4n) is 3.85. The van der Waals surface area contributed by atoms with Crippen molar-refractivity contribution in [3.05, 3.63) is 0 Å². The zero-order valence-corrected chi connectivity index (χ0v) is 18.7. The van der Waals surface area contributed by atoms with E-state index in [1.165, 1.54) is 7.11 Å². The van der Waals surface area contributed by atoms with E-state index in [2.05, 4.69) is 5.32 Å². The maximum Gasteiger partial charge on any atom is 0.217 e. The molecule has 0 radical (unpaired) electrons. The van der Waals surface area contributed by atoms with Crippen molar-refractivity contribution in [2.75, 3.05) is 20.3 Å². The average Bonchev–Trinajstić information content (AvgIpc) is 2.77. The number of ether oxygens (including phenoxy) is 3. The Bertz CT molecular complexity index is 670. The molecule has 2 aliphatic rings. The number of aliphatic hydroxyl groups is 7. The maximum atomic E-state index is 12.2. The van der Waals surface area contributed by atoms with Crippen molar-refractivity contribution in [2.45, 2.75) is 78.6 Å². The topological polar surface area (TPSA) is 239 Å². The summed E-state index contributed by atoms with van der Waals surface area (Å²) in [6, 6.07) is -1.38. The number of amides is 1. The van der Waals surface area contributed by atoms with Gasteiger partial charge in [0.2, 0.25) is 5.91 Å². The number of hydrogen-bond donors (Lipinski definition) is 8. The molecule has 2 rings (SSSR count). The number of aliphatic hydroxyl groups excluding tert-OH is 7. The summed E-state index contributed by atoms with van der Waals surface area (Å²) in [7, 11) is 1.18. The molecule has 192 valence electrons. The predicted octanol–water partition coefficient (Wildman–Crippen LogP) is -6.01. The van der Waals surface area contributed by atoms with Gasteiger partial charge in [0.1, 0.15) is 30.5 Å². The van der Waals surface area contributed by atoms with E-state index in [1.807, 2.05) is 0 Å². The summed E-state index contributed by atoms with van der Waals surface area (Å²) in [6.45, 7) is -0.537. The van der Waals surface area contributed by atoms with Crippen LogP contribution in [0, 0.1) is 0 Å². The second-order valence-corrected chi connectivity index (χ2v) is 9.33. The van der Waals surface area contributed by atoms with Crippen LogP contribution in [0.15, 0.2) is 0 Å². The first-order chi connectivity index (χ1) is 15.4. The minimum absolute atomic E-state index is 0.333. The van der Waals surface area contributed by atoms with Crippen molar-refractivity contribution in [1.29, 1.82) is 0 Å². The van der Waals surface area contributed by atoms with Gasteiger partial charge in [-0.2, -0.15) is 0 Å². The molecule has 0 spiro atoms. The third-order valence-electron chi connectivity index (χ3n) is 5.55. The minimum Gasteiger partial charge on any atom is -0.546 e. The van der Waals surface area contributed by atoms with Gasteiger partial charge >= 0.3 is 0 Å². The van der Waals surface area contributed by atoms with Crippen molar-refractivity contribution in [2.24, 2.45) is 0 Å². The largest absolute Gasteiger partial charge is 0.546 e. The Labute approximate surface area is 193 Å². The molecular formula is C18H30NO13S-. The quantitative estimate of drug-likeness (QED) is 0.147. The Kier molecular flexibility index (Phi) is 9.84. The van der Waals surface area contributed by atoms with Crippen LogP contribution in [0.25, 0.3) is 0 Å². The first kappa shape index (κ1) is 28.1. The summed E-state index contributed by atoms with van der Waals surface area (Å²) in [5.74, 6) is -2.56. The van der Waals surface area contributed by atoms with Gasteiger partial charge in [0.25, 0.3) is 0 Å². The van der Waals surface area contributed by atoms with Crippen molar-refractivity contribution in [3.8, 4) is 0 Å². The highest BCUT2D eigenvalue weighted by molar-refractivity contribution is 8.01. The van der Waals surface area contributed by atoms with Gasteiger partial charge in [-0.3, -0.25) is 4.79 Å². The Morgan fingerprint density at radius 3 is 2.36 bits per heavy atom. The third-order valence-corrected chi connectivity index (χ3v) is 7.19. The van der Waals surface area contributed by atoms with Crippen LogP contribution < -0.4 is 10.4 Å². The molecule has 0 aromatic rings. The molecule has 15 heteroatoms. The number of aliphatic carboxylic acids is 1. The van der Waals surface area contributed by atoms with Gasteiger partial charge in [0, 0.05) is 20.5 Å². The van der Waals surface area contributed by atoms with Crippen molar-refractivity contribution < 1.29 is 64.7 Å². The fourth-order valence-corrected chi connectivity index (χ4v) is 5.40. The lowest BCUT2D eigenvalue weighted by molar-refractivity contribution is -0.329. The Morgan fingerprint density at radius 1 is 1.24 bits per heavy atom. The molecule has 2 saturated heterocycles. The first-order valence-electron chi connectivity index (χ1n) is 10.1. The molecule has 0 saturated carbocycles. The summed E-state index contributed by atoms with van der Waals surface area (Å²) in [5.41, 5.74) is 0. The molecule has 0 aromatic heterocycles. The predicted molar refractivity (Wildman–Crippen MR) is 106 cm³/mol. The van der Waals surface area contributed by atoms with E-state index in [-0.39, 0.29) is 0 Å². The number of rotatable bonds is 9. The van der Waals surface area contributed by atoms with Gasteiger partial charge in [0.15, 0.2) is 11.2 Å². The molecule has 14 nitrogen and oxygen atoms in total. The van der Waals surface area contributed by atoms with E-state index >= 15 is 0 Å². The summed E-state index contributed by atoms with van der Waals surface area (Å²) >= 11 is 0.333. The summed E-state index contributed by atoms with van der Waals surface area (Å²) in [5, 5.41) is 83.9. The molecule has 2 aliphatic heterocycles. The van der Waals surface area contributed by atoms with Gasteiger partial charge in [-0.25, -0.2) is 0 Å². The normalized spacial score (nSPS) is 41.2. The zero-order valence-electron chi connectivity index (χ0n) is 17.9. The Balaban J connectivity index is 2.44. The molecule has 0 aromatic carbocycles. The lowest BCUT2D eigenvalue weighted by Crippen LogP contribution is -2.69. The van der Waals surface area contributed by atoms with E-state index in [1.54, 1.807) is 0 Å². The van der Waals surface area contributed by atoms with Gasteiger partial charge in [-0.15, -0.1) is 11.8 Å². The molecule has 33 heavy (non-hydrogen) atoms. The smallest absolute Gasteiger partial charge is 0.217 e. The highest BCUT2D eigenvalue weighted by atomic mass is 32.2. The van der Waals surface area contributed by atoms with E-state index < -0.39 is 96.8 Å². The molecule has 2 heterocycles. The second kappa shape index (κ2) is 11.5. The van der Waals surface area contributed by atoms with Crippen molar-refractivity contribution in [3.63, 3.8) is 0 Å². The monoisotopic (exact) mass is 500 g/mol. The van der Waals surface area contributed by atoms with Crippen LogP contribution in [-0.2, 0) is 23.8 Å². The Hall–Kier alpha value is -1.11. The average molecular weight is 500 g/mol. The van der Waals surface area contributed by atoms with E-state index in [0.717, 1.165) is 6.92 Å². The number of nitrogens with one attached hydrogen (secondary N) is 1. The van der Waals surface area contributed by atoms with Crippen LogP contribution in [0.4, 0.5) is 0 Å². The van der Waals surface area contributed by atoms with Gasteiger partial charge in [-0.1, -0.05) is 0 Å². The fraction of sp³-hybridized carbons (Fsp3) is 0.889. The number of thioether (sulfide) groups is 1. The van der Waals surface area contributed by atoms with Crippen LogP contribution in [0.2, 0.25) is 0 Å². The molecule has 1 amide bonds. The highest BCUT2D eigenvalue weighted by Gasteiger charge is 2.56. The van der Waals surface area contributed by atoms with E-state index in [4.69, 9.17) is 14.2 Å². The van der Waals surface area contributed by atoms with Crippen molar-refractivity contribution in [1.82, 2.24) is 5.32 Å². The standard InChI is InChI=1S/C18H31NO13S/c1-6(22)19-10-7(23)3-18(17(28)29,32-14(10)11(25)8(24)4-20)33-15-12(26)9(5-21)31-16(30-2)13(15)27/h7-16,20-21,23-27H,3-5H2,1-2H3,(H,19,22)(H,28,29)/p-1/t7?,8-,9?,10?,11-,12?,13?,14?,15?,16?,18?/m1/s1.